The molecule has 5 heteroatoms. The normalized spacial score (nSPS) is 13.2. The van der Waals surface area contributed by atoms with Crippen molar-refractivity contribution in [3.63, 3.8) is 0 Å². The van der Waals surface area contributed by atoms with E-state index in [0.29, 0.717) is 11.4 Å². The monoisotopic (exact) mass is 937 g/mol. The van der Waals surface area contributed by atoms with E-state index in [-0.39, 0.29) is 43.1 Å². The largest absolute Gasteiger partial charge is 0.507 e. The molecule has 2 aromatic heterocycles. The molecule has 292 valence electrons. The summed E-state index contributed by atoms with van der Waals surface area (Å²) in [5.74, 6) is 0.852. The van der Waals surface area contributed by atoms with Crippen LogP contribution in [-0.4, -0.2) is 19.6 Å². The SMILES string of the molecule is CC(C)(C)c1cc(-c2nccc3c2C(C)(C)c2ccccc2-3)[c-]c(-c2cccc3c2nc(-c2ccccc2O)n3-c2ccc(C(C)(C)C)cc2-c2ccccc2)c1.[Pt]. The van der Waals surface area contributed by atoms with Gasteiger partial charge in [-0.05, 0) is 80.6 Å². The number of para-hydroxylation sites is 2. The Labute approximate surface area is 357 Å². The van der Waals surface area contributed by atoms with Gasteiger partial charge in [-0.2, -0.15) is 0 Å². The molecule has 0 aliphatic heterocycles. The molecule has 2 heterocycles. The number of phenols is 1. The average Bonchev–Trinajstić information content (AvgIpc) is 3.70. The zero-order chi connectivity index (χ0) is 39.9. The predicted molar refractivity (Wildman–Crippen MR) is 236 cm³/mol. The summed E-state index contributed by atoms with van der Waals surface area (Å²) < 4.78 is 2.22. The van der Waals surface area contributed by atoms with Gasteiger partial charge >= 0.3 is 0 Å². The van der Waals surface area contributed by atoms with Gasteiger partial charge in [0.05, 0.1) is 22.3 Å². The fourth-order valence-corrected chi connectivity index (χ4v) is 8.65. The van der Waals surface area contributed by atoms with Crippen molar-refractivity contribution in [3.8, 4) is 67.5 Å². The van der Waals surface area contributed by atoms with E-state index in [1.54, 1.807) is 6.07 Å². The molecule has 1 aliphatic carbocycles. The van der Waals surface area contributed by atoms with E-state index in [4.69, 9.17) is 9.97 Å². The third-order valence-electron chi connectivity index (χ3n) is 11.8. The van der Waals surface area contributed by atoms with E-state index < -0.39 is 0 Å². The minimum absolute atomic E-state index is 0. The summed E-state index contributed by atoms with van der Waals surface area (Å²) in [4.78, 5) is 10.6. The van der Waals surface area contributed by atoms with Crippen molar-refractivity contribution in [3.05, 3.63) is 168 Å². The van der Waals surface area contributed by atoms with Crippen LogP contribution in [0.3, 0.4) is 0 Å². The van der Waals surface area contributed by atoms with Crippen LogP contribution in [0.15, 0.2) is 140 Å². The summed E-state index contributed by atoms with van der Waals surface area (Å²) >= 11 is 0. The van der Waals surface area contributed by atoms with E-state index in [2.05, 4.69) is 175 Å². The quantitative estimate of drug-likeness (QED) is 0.175. The molecule has 0 unspecified atom stereocenters. The first kappa shape index (κ1) is 39.3. The second-order valence-corrected chi connectivity index (χ2v) is 18.0. The summed E-state index contributed by atoms with van der Waals surface area (Å²) in [7, 11) is 0. The molecular formula is C53H48N3OPt-. The molecule has 1 aliphatic rings. The van der Waals surface area contributed by atoms with E-state index in [1.165, 1.54) is 33.4 Å². The number of benzene rings is 6. The number of fused-ring (bicyclic) bond motifs is 4. The van der Waals surface area contributed by atoms with Crippen molar-refractivity contribution < 1.29 is 26.2 Å². The smallest absolute Gasteiger partial charge is 0.148 e. The minimum atomic E-state index is -0.231. The summed E-state index contributed by atoms with van der Waals surface area (Å²) in [5, 5.41) is 11.4. The van der Waals surface area contributed by atoms with Crippen LogP contribution in [0.25, 0.3) is 72.7 Å². The van der Waals surface area contributed by atoms with Gasteiger partial charge in [0.25, 0.3) is 0 Å². The van der Waals surface area contributed by atoms with E-state index in [9.17, 15) is 5.11 Å². The molecule has 8 aromatic rings. The molecule has 0 saturated carbocycles. The van der Waals surface area contributed by atoms with Gasteiger partial charge in [0.2, 0.25) is 0 Å². The molecule has 4 nitrogen and oxygen atoms in total. The third-order valence-corrected chi connectivity index (χ3v) is 11.8. The van der Waals surface area contributed by atoms with Crippen LogP contribution in [0.4, 0.5) is 0 Å². The molecule has 1 N–H and O–H groups in total. The summed E-state index contributed by atoms with van der Waals surface area (Å²) in [5.41, 5.74) is 16.6. The fraction of sp³-hybridized carbons (Fsp3) is 0.208. The van der Waals surface area contributed by atoms with Gasteiger partial charge in [-0.25, -0.2) is 4.98 Å². The Morgan fingerprint density at radius 2 is 1.26 bits per heavy atom. The van der Waals surface area contributed by atoms with Gasteiger partial charge in [0.15, 0.2) is 0 Å². The summed E-state index contributed by atoms with van der Waals surface area (Å²) in [6, 6.07) is 50.6. The van der Waals surface area contributed by atoms with Crippen molar-refractivity contribution in [1.29, 1.82) is 0 Å². The predicted octanol–water partition coefficient (Wildman–Crippen LogP) is 13.5. The van der Waals surface area contributed by atoms with Crippen molar-refractivity contribution in [1.82, 2.24) is 14.5 Å². The van der Waals surface area contributed by atoms with Crippen LogP contribution >= 0.6 is 0 Å². The molecule has 0 radical (unpaired) electrons. The maximum atomic E-state index is 11.4. The standard InChI is InChI=1S/C53H48N3O.Pt/c1-51(2,3)36-25-26-44(42(32-36)33-17-10-9-11-18-33)56-45-23-16-21-38(49(45)55-50(56)41-20-13-15-24-46(41)57)34-29-35(31-37(30-34)52(4,5)6)48-47-40(27-28-54-48)39-19-12-14-22-43(39)53(47,7)8;/h9-28,30-32,57H,1-8H3;/q-1;. The Morgan fingerprint density at radius 3 is 1.98 bits per heavy atom. The maximum absolute atomic E-state index is 11.4. The molecule has 6 aromatic carbocycles. The van der Waals surface area contributed by atoms with Gasteiger partial charge in [0.1, 0.15) is 11.6 Å². The molecule has 0 atom stereocenters. The first-order valence-electron chi connectivity index (χ1n) is 19.9. The Bertz CT molecular complexity index is 2850. The zero-order valence-corrected chi connectivity index (χ0v) is 36.7. The van der Waals surface area contributed by atoms with Gasteiger partial charge < -0.3 is 5.11 Å². The number of phenolic OH excluding ortho intramolecular Hbond substituents is 1. The number of pyridine rings is 1. The first-order chi connectivity index (χ1) is 27.2. The molecule has 0 saturated heterocycles. The molecule has 9 rings (SSSR count). The Hall–Kier alpha value is -5.57. The fourth-order valence-electron chi connectivity index (χ4n) is 8.65. The van der Waals surface area contributed by atoms with E-state index in [1.807, 2.05) is 24.4 Å². The third kappa shape index (κ3) is 6.52. The van der Waals surface area contributed by atoms with E-state index in [0.717, 1.165) is 50.2 Å². The number of aromatic nitrogens is 3. The Morgan fingerprint density at radius 1 is 0.603 bits per heavy atom. The molecule has 58 heavy (non-hydrogen) atoms. The Balaban J connectivity index is 0.00000469. The number of aromatic hydroxyl groups is 1. The maximum Gasteiger partial charge on any atom is 0.148 e. The van der Waals surface area contributed by atoms with Crippen LogP contribution in [0, 0.1) is 6.07 Å². The van der Waals surface area contributed by atoms with Crippen molar-refractivity contribution in [2.45, 2.75) is 71.6 Å². The van der Waals surface area contributed by atoms with Gasteiger partial charge in [0, 0.05) is 43.9 Å². The van der Waals surface area contributed by atoms with Crippen molar-refractivity contribution >= 4 is 11.0 Å². The minimum Gasteiger partial charge on any atom is -0.507 e. The summed E-state index contributed by atoms with van der Waals surface area (Å²) in [6.45, 7) is 18.1. The molecule has 0 amide bonds. The zero-order valence-electron chi connectivity index (χ0n) is 34.4. The van der Waals surface area contributed by atoms with E-state index >= 15 is 0 Å². The molecule has 0 spiro atoms. The number of imidazole rings is 1. The van der Waals surface area contributed by atoms with Gasteiger partial charge in [-0.15, -0.1) is 29.3 Å². The van der Waals surface area contributed by atoms with Crippen LogP contribution in [-0.2, 0) is 37.3 Å². The van der Waals surface area contributed by atoms with Gasteiger partial charge in [-0.3, -0.25) is 9.55 Å². The molecular weight excluding hydrogens is 890 g/mol. The average molecular weight is 938 g/mol. The number of hydrogen-bond acceptors (Lipinski definition) is 3. The number of rotatable bonds is 5. The molecule has 0 fully saturated rings. The number of hydrogen-bond donors (Lipinski definition) is 1. The number of nitrogens with zero attached hydrogens (tertiary/aromatic N) is 3. The van der Waals surface area contributed by atoms with Gasteiger partial charge in [-0.1, -0.05) is 151 Å². The van der Waals surface area contributed by atoms with Crippen LogP contribution in [0.1, 0.15) is 77.6 Å². The topological polar surface area (TPSA) is 50.9 Å². The first-order valence-corrected chi connectivity index (χ1v) is 19.9. The van der Waals surface area contributed by atoms with Crippen LogP contribution < -0.4 is 0 Å². The molecule has 0 bridgehead atoms. The van der Waals surface area contributed by atoms with Crippen molar-refractivity contribution in [2.75, 3.05) is 0 Å². The van der Waals surface area contributed by atoms with Crippen molar-refractivity contribution in [2.24, 2.45) is 0 Å². The second kappa shape index (κ2) is 14.4. The Kier molecular flexibility index (Phi) is 9.72. The van der Waals surface area contributed by atoms with Crippen LogP contribution in [0.2, 0.25) is 0 Å². The van der Waals surface area contributed by atoms with Crippen LogP contribution in [0.5, 0.6) is 5.75 Å². The second-order valence-electron chi connectivity index (χ2n) is 18.0. The summed E-state index contributed by atoms with van der Waals surface area (Å²) in [6.07, 6.45) is 1.94.